The van der Waals surface area contributed by atoms with Crippen LogP contribution >= 0.6 is 15.9 Å². The van der Waals surface area contributed by atoms with E-state index in [0.717, 1.165) is 13.0 Å². The van der Waals surface area contributed by atoms with Crippen LogP contribution in [0.5, 0.6) is 0 Å². The van der Waals surface area contributed by atoms with Crippen molar-refractivity contribution in [3.8, 4) is 0 Å². The van der Waals surface area contributed by atoms with Crippen molar-refractivity contribution in [1.82, 2.24) is 9.97 Å². The lowest BCUT2D eigenvalue weighted by Crippen LogP contribution is -2.24. The minimum atomic E-state index is -0.142. The number of aromatic nitrogens is 2. The van der Waals surface area contributed by atoms with Gasteiger partial charge in [-0.05, 0) is 28.3 Å². The molecule has 0 aliphatic heterocycles. The summed E-state index contributed by atoms with van der Waals surface area (Å²) < 4.78 is 0.497. The highest BCUT2D eigenvalue weighted by Gasteiger charge is 2.10. The summed E-state index contributed by atoms with van der Waals surface area (Å²) in [5.41, 5.74) is -0.142. The third-order valence-corrected chi connectivity index (χ3v) is 2.90. The molecule has 1 N–H and O–H groups in total. The standard InChI is InChI=1S/C10H16BrN3O/c1-7(2)4-5-14(3)9-8(11)10(15)13-6-12-9/h6-7H,4-5H2,1-3H3,(H,12,13,15). The van der Waals surface area contributed by atoms with Gasteiger partial charge in [0.05, 0.1) is 6.33 Å². The highest BCUT2D eigenvalue weighted by Crippen LogP contribution is 2.18. The summed E-state index contributed by atoms with van der Waals surface area (Å²) in [5, 5.41) is 0. The van der Waals surface area contributed by atoms with E-state index in [4.69, 9.17) is 0 Å². The molecule has 0 radical (unpaired) electrons. The second-order valence-corrected chi connectivity index (χ2v) is 4.77. The van der Waals surface area contributed by atoms with Crippen molar-refractivity contribution < 1.29 is 0 Å². The molecule has 0 saturated heterocycles. The van der Waals surface area contributed by atoms with E-state index in [1.54, 1.807) is 0 Å². The van der Waals surface area contributed by atoms with Crippen molar-refractivity contribution in [2.45, 2.75) is 20.3 Å². The van der Waals surface area contributed by atoms with E-state index in [-0.39, 0.29) is 5.56 Å². The molecule has 4 nitrogen and oxygen atoms in total. The Kier molecular flexibility index (Phi) is 4.32. The van der Waals surface area contributed by atoms with Crippen molar-refractivity contribution >= 4 is 21.7 Å². The first kappa shape index (κ1) is 12.2. The van der Waals surface area contributed by atoms with Gasteiger partial charge >= 0.3 is 0 Å². The third kappa shape index (κ3) is 3.34. The number of anilines is 1. The molecule has 0 aliphatic carbocycles. The molecule has 1 aromatic heterocycles. The zero-order valence-electron chi connectivity index (χ0n) is 9.25. The summed E-state index contributed by atoms with van der Waals surface area (Å²) in [5.74, 6) is 1.34. The fraction of sp³-hybridized carbons (Fsp3) is 0.600. The van der Waals surface area contributed by atoms with Gasteiger partial charge in [-0.3, -0.25) is 4.79 Å². The molecule has 0 spiro atoms. The van der Waals surface area contributed by atoms with Crippen molar-refractivity contribution in [2.75, 3.05) is 18.5 Å². The second kappa shape index (κ2) is 5.30. The van der Waals surface area contributed by atoms with Gasteiger partial charge in [-0.1, -0.05) is 13.8 Å². The molecule has 0 amide bonds. The monoisotopic (exact) mass is 273 g/mol. The van der Waals surface area contributed by atoms with E-state index in [2.05, 4.69) is 39.7 Å². The normalized spacial score (nSPS) is 10.7. The Morgan fingerprint density at radius 3 is 2.87 bits per heavy atom. The van der Waals surface area contributed by atoms with Crippen molar-refractivity contribution in [1.29, 1.82) is 0 Å². The molecule has 1 aromatic rings. The summed E-state index contributed by atoms with van der Waals surface area (Å²) in [6, 6.07) is 0. The lowest BCUT2D eigenvalue weighted by atomic mass is 10.1. The largest absolute Gasteiger partial charge is 0.359 e. The molecule has 84 valence electrons. The fourth-order valence-corrected chi connectivity index (χ4v) is 1.72. The maximum atomic E-state index is 11.3. The van der Waals surface area contributed by atoms with Gasteiger partial charge in [0.15, 0.2) is 0 Å². The van der Waals surface area contributed by atoms with E-state index in [1.807, 2.05) is 11.9 Å². The Hall–Kier alpha value is -0.840. The van der Waals surface area contributed by atoms with E-state index in [0.29, 0.717) is 16.2 Å². The number of nitrogens with zero attached hydrogens (tertiary/aromatic N) is 2. The summed E-state index contributed by atoms with van der Waals surface area (Å²) in [6.45, 7) is 5.24. The molecule has 1 heterocycles. The van der Waals surface area contributed by atoms with Crippen molar-refractivity contribution in [3.63, 3.8) is 0 Å². The highest BCUT2D eigenvalue weighted by atomic mass is 79.9. The maximum Gasteiger partial charge on any atom is 0.267 e. The molecule has 15 heavy (non-hydrogen) atoms. The molecule has 1 rings (SSSR count). The van der Waals surface area contributed by atoms with Crippen LogP contribution in [0.3, 0.4) is 0 Å². The van der Waals surface area contributed by atoms with Crippen molar-refractivity contribution in [3.05, 3.63) is 21.2 Å². The van der Waals surface area contributed by atoms with Gasteiger partial charge in [-0.2, -0.15) is 0 Å². The summed E-state index contributed by atoms with van der Waals surface area (Å²) in [4.78, 5) is 20.0. The van der Waals surface area contributed by atoms with Crippen LogP contribution in [0.2, 0.25) is 0 Å². The van der Waals surface area contributed by atoms with Gasteiger partial charge in [0, 0.05) is 13.6 Å². The zero-order valence-corrected chi connectivity index (χ0v) is 10.8. The van der Waals surface area contributed by atoms with Crippen LogP contribution < -0.4 is 10.5 Å². The molecular formula is C10H16BrN3O. The first-order valence-corrected chi connectivity index (χ1v) is 5.76. The Bertz CT molecular complexity index is 375. The van der Waals surface area contributed by atoms with Gasteiger partial charge in [0.25, 0.3) is 5.56 Å². The number of H-pyrrole nitrogens is 1. The highest BCUT2D eigenvalue weighted by molar-refractivity contribution is 9.10. The number of nitrogens with one attached hydrogen (secondary N) is 1. The van der Waals surface area contributed by atoms with Gasteiger partial charge in [-0.25, -0.2) is 4.98 Å². The summed E-state index contributed by atoms with van der Waals surface area (Å²) in [7, 11) is 1.94. The fourth-order valence-electron chi connectivity index (χ4n) is 1.20. The molecular weight excluding hydrogens is 258 g/mol. The maximum absolute atomic E-state index is 11.3. The Morgan fingerprint density at radius 1 is 1.60 bits per heavy atom. The average Bonchev–Trinajstić information content (AvgIpc) is 2.18. The first-order valence-electron chi connectivity index (χ1n) is 4.96. The number of hydrogen-bond acceptors (Lipinski definition) is 3. The van der Waals surface area contributed by atoms with Crippen molar-refractivity contribution in [2.24, 2.45) is 5.92 Å². The van der Waals surface area contributed by atoms with Crippen LogP contribution in [0.15, 0.2) is 15.6 Å². The lowest BCUT2D eigenvalue weighted by Gasteiger charge is -2.19. The van der Waals surface area contributed by atoms with Crippen LogP contribution in [-0.4, -0.2) is 23.6 Å². The summed E-state index contributed by atoms with van der Waals surface area (Å²) in [6.07, 6.45) is 2.51. The van der Waals surface area contributed by atoms with Crippen LogP contribution in [-0.2, 0) is 0 Å². The molecule has 0 atom stereocenters. The Morgan fingerprint density at radius 2 is 2.27 bits per heavy atom. The Balaban J connectivity index is 2.78. The minimum absolute atomic E-state index is 0.142. The van der Waals surface area contributed by atoms with Crippen LogP contribution in [0.25, 0.3) is 0 Å². The molecule has 0 aromatic carbocycles. The average molecular weight is 274 g/mol. The SMILES string of the molecule is CC(C)CCN(C)c1nc[nH]c(=O)c1Br. The van der Waals surface area contributed by atoms with E-state index in [9.17, 15) is 4.79 Å². The second-order valence-electron chi connectivity index (χ2n) is 3.97. The van der Waals surface area contributed by atoms with Crippen LogP contribution in [0.1, 0.15) is 20.3 Å². The topological polar surface area (TPSA) is 49.0 Å². The van der Waals surface area contributed by atoms with E-state index < -0.39 is 0 Å². The molecule has 0 unspecified atom stereocenters. The molecule has 0 saturated carbocycles. The van der Waals surface area contributed by atoms with Gasteiger partial charge in [0.1, 0.15) is 10.3 Å². The smallest absolute Gasteiger partial charge is 0.267 e. The predicted molar refractivity (Wildman–Crippen MR) is 65.3 cm³/mol. The number of halogens is 1. The number of hydrogen-bond donors (Lipinski definition) is 1. The quantitative estimate of drug-likeness (QED) is 0.913. The number of aromatic amines is 1. The predicted octanol–water partition coefficient (Wildman–Crippen LogP) is 2.01. The third-order valence-electron chi connectivity index (χ3n) is 2.18. The lowest BCUT2D eigenvalue weighted by molar-refractivity contribution is 0.583. The van der Waals surface area contributed by atoms with Gasteiger partial charge in [0.2, 0.25) is 0 Å². The molecule has 0 aliphatic rings. The first-order chi connectivity index (χ1) is 7.02. The Labute approximate surface area is 97.8 Å². The minimum Gasteiger partial charge on any atom is -0.359 e. The zero-order chi connectivity index (χ0) is 11.4. The van der Waals surface area contributed by atoms with Gasteiger partial charge in [-0.15, -0.1) is 0 Å². The molecule has 0 bridgehead atoms. The van der Waals surface area contributed by atoms with Crippen LogP contribution in [0.4, 0.5) is 5.82 Å². The van der Waals surface area contributed by atoms with E-state index in [1.165, 1.54) is 6.33 Å². The number of rotatable bonds is 4. The molecule has 0 fully saturated rings. The van der Waals surface area contributed by atoms with Crippen LogP contribution in [0, 0.1) is 5.92 Å². The molecule has 5 heteroatoms. The summed E-state index contributed by atoms with van der Waals surface area (Å²) >= 11 is 3.24. The van der Waals surface area contributed by atoms with Gasteiger partial charge < -0.3 is 9.88 Å². The van der Waals surface area contributed by atoms with E-state index >= 15 is 0 Å².